The van der Waals surface area contributed by atoms with Crippen molar-refractivity contribution < 1.29 is 26.4 Å². The van der Waals surface area contributed by atoms with Gasteiger partial charge in [0.1, 0.15) is 11.0 Å². The van der Waals surface area contributed by atoms with Gasteiger partial charge in [-0.3, -0.25) is 4.79 Å². The minimum atomic E-state index is -4.71. The zero-order valence-corrected chi connectivity index (χ0v) is 17.5. The normalized spacial score (nSPS) is 11.8. The molecule has 0 aliphatic rings. The number of primary sulfonamides is 1. The van der Waals surface area contributed by atoms with Crippen LogP contribution in [0.25, 0.3) is 5.69 Å². The van der Waals surface area contributed by atoms with E-state index in [0.717, 1.165) is 22.9 Å². The maximum absolute atomic E-state index is 13.2. The number of nitriles is 1. The van der Waals surface area contributed by atoms with Crippen LogP contribution in [-0.4, -0.2) is 24.1 Å². The van der Waals surface area contributed by atoms with Crippen molar-refractivity contribution in [2.45, 2.75) is 17.5 Å². The molecule has 0 aliphatic heterocycles. The number of alkyl halides is 3. The number of sulfonamides is 1. The first-order chi connectivity index (χ1) is 14.9. The molecule has 32 heavy (non-hydrogen) atoms. The van der Waals surface area contributed by atoms with Gasteiger partial charge in [0.2, 0.25) is 15.9 Å². The van der Waals surface area contributed by atoms with Gasteiger partial charge in [0.25, 0.3) is 0 Å². The Bertz CT molecular complexity index is 1350. The molecule has 1 heterocycles. The summed E-state index contributed by atoms with van der Waals surface area (Å²) in [6.07, 6.45) is -2.93. The number of amides is 1. The Morgan fingerprint density at radius 2 is 2.00 bits per heavy atom. The van der Waals surface area contributed by atoms with E-state index in [4.69, 9.17) is 22.0 Å². The van der Waals surface area contributed by atoms with E-state index in [9.17, 15) is 26.4 Å². The van der Waals surface area contributed by atoms with Crippen molar-refractivity contribution in [1.82, 2.24) is 9.78 Å². The standard InChI is InChI=1S/C19H13ClF3N5O3S/c20-15-3-1-2-14(19(21,22)23)13(15)7-18(29)27-12-4-5-16(17(6-12)32(25,30)31)28-10-11(8-24)9-26-28/h1-6,9-10H,7H2,(H,27,29)(H2,25,30,31). The van der Waals surface area contributed by atoms with Gasteiger partial charge in [-0.25, -0.2) is 18.2 Å². The number of carbonyl (C=O) groups is 1. The van der Waals surface area contributed by atoms with E-state index in [0.29, 0.717) is 0 Å². The molecule has 0 saturated heterocycles. The Balaban J connectivity index is 1.92. The molecule has 1 amide bonds. The second-order valence-corrected chi connectivity index (χ2v) is 8.44. The van der Waals surface area contributed by atoms with E-state index in [2.05, 4.69) is 10.4 Å². The first-order valence-electron chi connectivity index (χ1n) is 8.66. The second-order valence-electron chi connectivity index (χ2n) is 6.50. The highest BCUT2D eigenvalue weighted by Crippen LogP contribution is 2.35. The summed E-state index contributed by atoms with van der Waals surface area (Å²) in [5.41, 5.74) is -1.31. The van der Waals surface area contributed by atoms with Crippen molar-refractivity contribution in [3.63, 3.8) is 0 Å². The number of nitrogens with two attached hydrogens (primary N) is 1. The quantitative estimate of drug-likeness (QED) is 0.575. The van der Waals surface area contributed by atoms with Crippen LogP contribution >= 0.6 is 11.6 Å². The third-order valence-corrected chi connectivity index (χ3v) is 5.56. The predicted molar refractivity (Wildman–Crippen MR) is 108 cm³/mol. The van der Waals surface area contributed by atoms with Crippen LogP contribution in [0.3, 0.4) is 0 Å². The van der Waals surface area contributed by atoms with Crippen LogP contribution < -0.4 is 10.5 Å². The molecule has 3 N–H and O–H groups in total. The van der Waals surface area contributed by atoms with Gasteiger partial charge in [0.15, 0.2) is 0 Å². The number of rotatable bonds is 5. The number of nitrogens with zero attached hydrogens (tertiary/aromatic N) is 3. The molecule has 0 spiro atoms. The summed E-state index contributed by atoms with van der Waals surface area (Å²) in [5.74, 6) is -0.859. The summed E-state index contributed by atoms with van der Waals surface area (Å²) in [4.78, 5) is 12.0. The summed E-state index contributed by atoms with van der Waals surface area (Å²) < 4.78 is 64.9. The first-order valence-corrected chi connectivity index (χ1v) is 10.6. The summed E-state index contributed by atoms with van der Waals surface area (Å²) in [6, 6.07) is 8.63. The summed E-state index contributed by atoms with van der Waals surface area (Å²) in [7, 11) is -4.29. The number of hydrogen-bond donors (Lipinski definition) is 2. The summed E-state index contributed by atoms with van der Waals surface area (Å²) in [6.45, 7) is 0. The first kappa shape index (κ1) is 23.3. The van der Waals surface area contributed by atoms with Crippen LogP contribution in [-0.2, 0) is 27.4 Å². The van der Waals surface area contributed by atoms with E-state index < -0.39 is 44.5 Å². The highest BCUT2D eigenvalue weighted by atomic mass is 35.5. The molecule has 0 atom stereocenters. The van der Waals surface area contributed by atoms with E-state index in [1.54, 1.807) is 0 Å². The lowest BCUT2D eigenvalue weighted by molar-refractivity contribution is -0.138. The molecule has 1 aromatic heterocycles. The van der Waals surface area contributed by atoms with E-state index >= 15 is 0 Å². The molecule has 13 heteroatoms. The average Bonchev–Trinajstić information content (AvgIpc) is 3.17. The summed E-state index contributed by atoms with van der Waals surface area (Å²) >= 11 is 5.86. The molecule has 0 radical (unpaired) electrons. The lowest BCUT2D eigenvalue weighted by Gasteiger charge is -2.15. The number of halogens is 4. The maximum Gasteiger partial charge on any atom is 0.416 e. The Morgan fingerprint density at radius 3 is 2.59 bits per heavy atom. The van der Waals surface area contributed by atoms with Gasteiger partial charge in [0, 0.05) is 16.9 Å². The van der Waals surface area contributed by atoms with Crippen LogP contribution in [0.1, 0.15) is 16.7 Å². The fraction of sp³-hybridized carbons (Fsp3) is 0.105. The highest BCUT2D eigenvalue weighted by molar-refractivity contribution is 7.89. The number of anilines is 1. The molecule has 3 aromatic rings. The van der Waals surface area contributed by atoms with Gasteiger partial charge >= 0.3 is 6.18 Å². The van der Waals surface area contributed by atoms with Gasteiger partial charge in [-0.05, 0) is 35.9 Å². The number of aromatic nitrogens is 2. The Morgan fingerprint density at radius 1 is 1.28 bits per heavy atom. The Labute approximate surface area is 185 Å². The van der Waals surface area contributed by atoms with Crippen molar-refractivity contribution in [2.75, 3.05) is 5.32 Å². The molecule has 0 saturated carbocycles. The van der Waals surface area contributed by atoms with Crippen LogP contribution in [0.4, 0.5) is 18.9 Å². The monoisotopic (exact) mass is 483 g/mol. The lowest BCUT2D eigenvalue weighted by atomic mass is 10.0. The van der Waals surface area contributed by atoms with Crippen molar-refractivity contribution >= 4 is 33.2 Å². The molecular weight excluding hydrogens is 471 g/mol. The predicted octanol–water partition coefficient (Wildman–Crippen LogP) is 3.24. The molecule has 0 fully saturated rings. The minimum absolute atomic E-state index is 0.0115. The van der Waals surface area contributed by atoms with Gasteiger partial charge in [0.05, 0.1) is 29.4 Å². The fourth-order valence-corrected chi connectivity index (χ4v) is 3.88. The zero-order chi connectivity index (χ0) is 23.7. The largest absolute Gasteiger partial charge is 0.416 e. The average molecular weight is 484 g/mol. The van der Waals surface area contributed by atoms with E-state index in [-0.39, 0.29) is 22.0 Å². The van der Waals surface area contributed by atoms with Gasteiger partial charge in [-0.15, -0.1) is 0 Å². The molecular formula is C19H13ClF3N5O3S. The van der Waals surface area contributed by atoms with Gasteiger partial charge in [-0.2, -0.15) is 23.5 Å². The lowest BCUT2D eigenvalue weighted by Crippen LogP contribution is -2.20. The SMILES string of the molecule is N#Cc1cnn(-c2ccc(NC(=O)Cc3c(Cl)cccc3C(F)(F)F)cc2S(N)(=O)=O)c1. The van der Waals surface area contributed by atoms with E-state index in [1.165, 1.54) is 30.6 Å². The minimum Gasteiger partial charge on any atom is -0.326 e. The Kier molecular flexibility index (Phi) is 6.27. The molecule has 0 bridgehead atoms. The number of carbonyl (C=O) groups excluding carboxylic acids is 1. The topological polar surface area (TPSA) is 131 Å². The van der Waals surface area contributed by atoms with Crippen LogP contribution in [0.15, 0.2) is 53.7 Å². The van der Waals surface area contributed by atoms with Crippen molar-refractivity contribution in [3.05, 3.63) is 70.5 Å². The molecule has 0 aliphatic carbocycles. The third kappa shape index (κ3) is 5.08. The number of benzene rings is 2. The third-order valence-electron chi connectivity index (χ3n) is 4.27. The summed E-state index contributed by atoms with van der Waals surface area (Å²) in [5, 5.41) is 20.2. The van der Waals surface area contributed by atoms with Crippen molar-refractivity contribution in [3.8, 4) is 11.8 Å². The fourth-order valence-electron chi connectivity index (χ4n) is 2.89. The van der Waals surface area contributed by atoms with Crippen LogP contribution in [0.2, 0.25) is 5.02 Å². The number of nitrogens with one attached hydrogen (secondary N) is 1. The zero-order valence-electron chi connectivity index (χ0n) is 15.9. The van der Waals surface area contributed by atoms with Crippen LogP contribution in [0.5, 0.6) is 0 Å². The van der Waals surface area contributed by atoms with Gasteiger partial charge < -0.3 is 5.32 Å². The van der Waals surface area contributed by atoms with Gasteiger partial charge in [-0.1, -0.05) is 17.7 Å². The molecule has 0 unspecified atom stereocenters. The van der Waals surface area contributed by atoms with Crippen molar-refractivity contribution in [1.29, 1.82) is 5.26 Å². The molecule has 166 valence electrons. The van der Waals surface area contributed by atoms with Crippen LogP contribution in [0, 0.1) is 11.3 Å². The Hall–Kier alpha value is -3.40. The second kappa shape index (κ2) is 8.62. The molecule has 3 rings (SSSR count). The van der Waals surface area contributed by atoms with E-state index in [1.807, 2.05) is 6.07 Å². The maximum atomic E-state index is 13.2. The number of hydrogen-bond acceptors (Lipinski definition) is 5. The molecule has 2 aromatic carbocycles. The molecule has 8 nitrogen and oxygen atoms in total. The van der Waals surface area contributed by atoms with Crippen molar-refractivity contribution in [2.24, 2.45) is 5.14 Å². The smallest absolute Gasteiger partial charge is 0.326 e. The highest BCUT2D eigenvalue weighted by Gasteiger charge is 2.34.